The topological polar surface area (TPSA) is 35.5 Å². The zero-order chi connectivity index (χ0) is 13.0. The third-order valence-electron chi connectivity index (χ3n) is 6.24. The minimum Gasteiger partial charge on any atom is -0.346 e. The average molecular weight is 264 g/mol. The zero-order valence-electron chi connectivity index (χ0n) is 11.7. The SMILES string of the molecule is O=C1C2(CCCCC2)C2(OCCO2)C12CCCCC2. The normalized spacial score (nSPS) is 34.8. The van der Waals surface area contributed by atoms with Gasteiger partial charge in [-0.05, 0) is 25.7 Å². The smallest absolute Gasteiger partial charge is 0.193 e. The molecule has 0 amide bonds. The number of ketones is 1. The number of ether oxygens (including phenoxy) is 2. The second kappa shape index (κ2) is 4.05. The van der Waals surface area contributed by atoms with E-state index < -0.39 is 5.79 Å². The molecule has 1 saturated heterocycles. The monoisotopic (exact) mass is 264 g/mol. The first-order chi connectivity index (χ1) is 9.28. The minimum absolute atomic E-state index is 0.279. The molecule has 4 rings (SSSR count). The molecule has 106 valence electrons. The molecule has 1 heterocycles. The number of Topliss-reactive ketones (excluding diaryl/α,β-unsaturated/α-hetero) is 1. The highest BCUT2D eigenvalue weighted by atomic mass is 16.7. The van der Waals surface area contributed by atoms with Crippen LogP contribution in [0.15, 0.2) is 0 Å². The van der Waals surface area contributed by atoms with Gasteiger partial charge in [-0.25, -0.2) is 0 Å². The van der Waals surface area contributed by atoms with Crippen molar-refractivity contribution in [3.63, 3.8) is 0 Å². The van der Waals surface area contributed by atoms with Crippen molar-refractivity contribution in [2.45, 2.75) is 70.0 Å². The molecule has 4 fully saturated rings. The fourth-order valence-corrected chi connectivity index (χ4v) is 5.54. The van der Waals surface area contributed by atoms with E-state index in [1.807, 2.05) is 0 Å². The van der Waals surface area contributed by atoms with Gasteiger partial charge in [0.05, 0.1) is 24.0 Å². The van der Waals surface area contributed by atoms with Gasteiger partial charge in [0.25, 0.3) is 0 Å². The summed E-state index contributed by atoms with van der Waals surface area (Å²) < 4.78 is 12.4. The number of hydrogen-bond acceptors (Lipinski definition) is 3. The van der Waals surface area contributed by atoms with Crippen molar-refractivity contribution in [1.29, 1.82) is 0 Å². The number of rotatable bonds is 0. The van der Waals surface area contributed by atoms with Gasteiger partial charge < -0.3 is 9.47 Å². The molecule has 0 unspecified atom stereocenters. The number of carbonyl (C=O) groups excluding carboxylic acids is 1. The molecule has 0 radical (unpaired) electrons. The Morgan fingerprint density at radius 1 is 0.684 bits per heavy atom. The molecule has 1 aliphatic heterocycles. The summed E-state index contributed by atoms with van der Waals surface area (Å²) >= 11 is 0. The van der Waals surface area contributed by atoms with E-state index in [9.17, 15) is 4.79 Å². The fraction of sp³-hybridized carbons (Fsp3) is 0.938. The van der Waals surface area contributed by atoms with Crippen LogP contribution < -0.4 is 0 Å². The lowest BCUT2D eigenvalue weighted by Gasteiger charge is -2.68. The van der Waals surface area contributed by atoms with Crippen molar-refractivity contribution in [1.82, 2.24) is 0 Å². The predicted molar refractivity (Wildman–Crippen MR) is 70.7 cm³/mol. The van der Waals surface area contributed by atoms with Crippen molar-refractivity contribution >= 4 is 5.78 Å². The van der Waals surface area contributed by atoms with E-state index in [4.69, 9.17) is 9.47 Å². The molecule has 0 aromatic rings. The van der Waals surface area contributed by atoms with E-state index in [2.05, 4.69) is 0 Å². The molecular weight excluding hydrogens is 240 g/mol. The van der Waals surface area contributed by atoms with Crippen LogP contribution in [0.5, 0.6) is 0 Å². The predicted octanol–water partition coefficient (Wildman–Crippen LogP) is 3.21. The van der Waals surface area contributed by atoms with Crippen LogP contribution in [0.4, 0.5) is 0 Å². The Labute approximate surface area is 115 Å². The molecule has 4 aliphatic rings. The van der Waals surface area contributed by atoms with Crippen molar-refractivity contribution in [2.75, 3.05) is 13.2 Å². The van der Waals surface area contributed by atoms with Crippen LogP contribution in [-0.4, -0.2) is 24.8 Å². The summed E-state index contributed by atoms with van der Waals surface area (Å²) in [5, 5.41) is 0. The van der Waals surface area contributed by atoms with Crippen LogP contribution in [0.2, 0.25) is 0 Å². The van der Waals surface area contributed by atoms with E-state index >= 15 is 0 Å². The number of carbonyl (C=O) groups is 1. The molecule has 0 atom stereocenters. The third kappa shape index (κ3) is 1.25. The van der Waals surface area contributed by atoms with Crippen molar-refractivity contribution in [2.24, 2.45) is 10.8 Å². The summed E-state index contributed by atoms with van der Waals surface area (Å²) in [5.41, 5.74) is -0.557. The maximum atomic E-state index is 13.1. The molecule has 0 aromatic carbocycles. The second-order valence-electron chi connectivity index (χ2n) is 6.93. The third-order valence-corrected chi connectivity index (χ3v) is 6.24. The van der Waals surface area contributed by atoms with Gasteiger partial charge in [-0.2, -0.15) is 0 Å². The summed E-state index contributed by atoms with van der Waals surface area (Å²) in [4.78, 5) is 13.1. The first kappa shape index (κ1) is 12.3. The lowest BCUT2D eigenvalue weighted by molar-refractivity contribution is -0.346. The van der Waals surface area contributed by atoms with Crippen LogP contribution in [0.3, 0.4) is 0 Å². The van der Waals surface area contributed by atoms with Gasteiger partial charge in [-0.1, -0.05) is 38.5 Å². The van der Waals surface area contributed by atoms with Crippen molar-refractivity contribution in [3.8, 4) is 0 Å². The van der Waals surface area contributed by atoms with E-state index in [0.29, 0.717) is 19.0 Å². The van der Waals surface area contributed by atoms with Crippen LogP contribution in [0.1, 0.15) is 64.2 Å². The van der Waals surface area contributed by atoms with E-state index in [1.54, 1.807) is 0 Å². The highest BCUT2D eigenvalue weighted by molar-refractivity contribution is 6.00. The average Bonchev–Trinajstić information content (AvgIpc) is 3.00. The van der Waals surface area contributed by atoms with Crippen LogP contribution >= 0.6 is 0 Å². The van der Waals surface area contributed by atoms with Gasteiger partial charge in [-0.3, -0.25) is 4.79 Å². The Bertz CT molecular complexity index is 353. The second-order valence-corrected chi connectivity index (χ2v) is 6.93. The summed E-state index contributed by atoms with van der Waals surface area (Å²) in [6.45, 7) is 1.35. The number of fused-ring (bicyclic) bond motifs is 2. The summed E-state index contributed by atoms with van der Waals surface area (Å²) in [6.07, 6.45) is 11.2. The van der Waals surface area contributed by atoms with Gasteiger partial charge >= 0.3 is 0 Å². The van der Waals surface area contributed by atoms with Gasteiger partial charge in [0.15, 0.2) is 11.6 Å². The maximum absolute atomic E-state index is 13.1. The molecule has 3 heteroatoms. The number of hydrogen-bond donors (Lipinski definition) is 0. The molecule has 3 spiro atoms. The van der Waals surface area contributed by atoms with Crippen LogP contribution in [0.25, 0.3) is 0 Å². The highest BCUT2D eigenvalue weighted by Gasteiger charge is 2.82. The highest BCUT2D eigenvalue weighted by Crippen LogP contribution is 2.71. The molecule has 19 heavy (non-hydrogen) atoms. The summed E-state index contributed by atoms with van der Waals surface area (Å²) in [6, 6.07) is 0. The van der Waals surface area contributed by atoms with E-state index in [1.165, 1.54) is 12.8 Å². The minimum atomic E-state index is -0.530. The molecule has 3 saturated carbocycles. The van der Waals surface area contributed by atoms with Gasteiger partial charge in [-0.15, -0.1) is 0 Å². The lowest BCUT2D eigenvalue weighted by atomic mass is 9.39. The summed E-state index contributed by atoms with van der Waals surface area (Å²) in [5.74, 6) is -0.0286. The summed E-state index contributed by atoms with van der Waals surface area (Å²) in [7, 11) is 0. The zero-order valence-corrected chi connectivity index (χ0v) is 11.7. The fourth-order valence-electron chi connectivity index (χ4n) is 5.54. The first-order valence-corrected chi connectivity index (χ1v) is 8.10. The van der Waals surface area contributed by atoms with Crippen molar-refractivity contribution < 1.29 is 14.3 Å². The molecule has 0 aromatic heterocycles. The standard InChI is InChI=1S/C16H24O3/c17-13-14(7-3-1-4-8-14)16(18-11-12-19-16)15(13)9-5-2-6-10-15/h1-12H2. The maximum Gasteiger partial charge on any atom is 0.193 e. The molecule has 3 nitrogen and oxygen atoms in total. The molecule has 0 N–H and O–H groups in total. The van der Waals surface area contributed by atoms with Gasteiger partial charge in [0, 0.05) is 0 Å². The lowest BCUT2D eigenvalue weighted by Crippen LogP contribution is -2.79. The molecular formula is C16H24O3. The quantitative estimate of drug-likeness (QED) is 0.674. The van der Waals surface area contributed by atoms with Crippen LogP contribution in [-0.2, 0) is 14.3 Å². The van der Waals surface area contributed by atoms with Gasteiger partial charge in [0.1, 0.15) is 0 Å². The Morgan fingerprint density at radius 2 is 1.11 bits per heavy atom. The van der Waals surface area contributed by atoms with E-state index in [0.717, 1.165) is 51.4 Å². The van der Waals surface area contributed by atoms with Crippen molar-refractivity contribution in [3.05, 3.63) is 0 Å². The largest absolute Gasteiger partial charge is 0.346 e. The molecule has 3 aliphatic carbocycles. The first-order valence-electron chi connectivity index (χ1n) is 8.10. The van der Waals surface area contributed by atoms with E-state index in [-0.39, 0.29) is 10.8 Å². The Morgan fingerprint density at radius 3 is 1.53 bits per heavy atom. The Kier molecular flexibility index (Phi) is 2.63. The Balaban J connectivity index is 1.76. The Hall–Kier alpha value is -0.410. The van der Waals surface area contributed by atoms with Gasteiger partial charge in [0.2, 0.25) is 0 Å². The molecule has 0 bridgehead atoms. The van der Waals surface area contributed by atoms with Crippen LogP contribution in [0, 0.1) is 10.8 Å².